The Morgan fingerprint density at radius 1 is 1.26 bits per heavy atom. The summed E-state index contributed by atoms with van der Waals surface area (Å²) in [5, 5.41) is 7.02. The predicted molar refractivity (Wildman–Crippen MR) is 72.9 cm³/mol. The minimum Gasteiger partial charge on any atom is -0.378 e. The molecule has 0 radical (unpaired) electrons. The largest absolute Gasteiger partial charge is 0.378 e. The van der Waals surface area contributed by atoms with Crippen LogP contribution in [0.15, 0.2) is 0 Å². The SMILES string of the molecule is O=C(C1CNCC(NCC2CC2)C1)N1CCOCC1. The van der Waals surface area contributed by atoms with Gasteiger partial charge in [-0.15, -0.1) is 0 Å². The molecule has 3 aliphatic rings. The summed E-state index contributed by atoms with van der Waals surface area (Å²) in [5.74, 6) is 1.35. The number of hydrogen-bond donors (Lipinski definition) is 2. The van der Waals surface area contributed by atoms with Gasteiger partial charge in [-0.1, -0.05) is 0 Å². The fourth-order valence-electron chi connectivity index (χ4n) is 2.98. The zero-order valence-corrected chi connectivity index (χ0v) is 11.6. The van der Waals surface area contributed by atoms with E-state index >= 15 is 0 Å². The van der Waals surface area contributed by atoms with Crippen LogP contribution >= 0.6 is 0 Å². The molecule has 0 aromatic rings. The molecule has 0 spiro atoms. The smallest absolute Gasteiger partial charge is 0.227 e. The van der Waals surface area contributed by atoms with Gasteiger partial charge in [-0.2, -0.15) is 0 Å². The molecular weight excluding hydrogens is 242 g/mol. The van der Waals surface area contributed by atoms with Crippen LogP contribution in [-0.4, -0.2) is 62.8 Å². The number of morpholine rings is 1. The molecule has 5 heteroatoms. The van der Waals surface area contributed by atoms with E-state index in [1.165, 1.54) is 12.8 Å². The van der Waals surface area contributed by atoms with Crippen molar-refractivity contribution >= 4 is 5.91 Å². The zero-order valence-electron chi connectivity index (χ0n) is 11.6. The van der Waals surface area contributed by atoms with E-state index < -0.39 is 0 Å². The van der Waals surface area contributed by atoms with E-state index in [1.54, 1.807) is 0 Å². The summed E-state index contributed by atoms with van der Waals surface area (Å²) in [7, 11) is 0. The average Bonchev–Trinajstić information content (AvgIpc) is 3.30. The van der Waals surface area contributed by atoms with Gasteiger partial charge in [-0.3, -0.25) is 4.79 Å². The third-order valence-corrected chi connectivity index (χ3v) is 4.41. The summed E-state index contributed by atoms with van der Waals surface area (Å²) < 4.78 is 5.31. The average molecular weight is 267 g/mol. The third kappa shape index (κ3) is 3.68. The molecule has 3 rings (SSSR count). The van der Waals surface area contributed by atoms with E-state index in [-0.39, 0.29) is 5.92 Å². The van der Waals surface area contributed by atoms with E-state index in [0.717, 1.165) is 45.1 Å². The van der Waals surface area contributed by atoms with Crippen molar-refractivity contribution in [3.63, 3.8) is 0 Å². The lowest BCUT2D eigenvalue weighted by Gasteiger charge is -2.35. The molecule has 1 aliphatic carbocycles. The quantitative estimate of drug-likeness (QED) is 0.742. The summed E-state index contributed by atoms with van der Waals surface area (Å²) >= 11 is 0. The lowest BCUT2D eigenvalue weighted by atomic mass is 9.94. The summed E-state index contributed by atoms with van der Waals surface area (Å²) in [5.41, 5.74) is 0. The molecule has 5 nitrogen and oxygen atoms in total. The second-order valence-corrected chi connectivity index (χ2v) is 6.08. The first-order chi connectivity index (χ1) is 9.33. The van der Waals surface area contributed by atoms with Crippen LogP contribution in [0.2, 0.25) is 0 Å². The number of amides is 1. The van der Waals surface area contributed by atoms with E-state index in [0.29, 0.717) is 25.2 Å². The molecule has 2 atom stereocenters. The first-order valence-electron chi connectivity index (χ1n) is 7.63. The van der Waals surface area contributed by atoms with Crippen LogP contribution in [-0.2, 0) is 9.53 Å². The first-order valence-corrected chi connectivity index (χ1v) is 7.63. The Labute approximate surface area is 115 Å². The zero-order chi connectivity index (χ0) is 13.1. The molecule has 0 bridgehead atoms. The Bertz CT molecular complexity index is 314. The molecular formula is C14H25N3O2. The van der Waals surface area contributed by atoms with Crippen molar-refractivity contribution in [1.29, 1.82) is 0 Å². The van der Waals surface area contributed by atoms with Crippen LogP contribution in [0.5, 0.6) is 0 Å². The number of nitrogens with one attached hydrogen (secondary N) is 2. The van der Waals surface area contributed by atoms with Crippen molar-refractivity contribution in [2.24, 2.45) is 11.8 Å². The van der Waals surface area contributed by atoms with Crippen LogP contribution in [0.4, 0.5) is 0 Å². The highest BCUT2D eigenvalue weighted by Crippen LogP contribution is 2.28. The van der Waals surface area contributed by atoms with Gasteiger partial charge in [0.2, 0.25) is 5.91 Å². The molecule has 0 aromatic heterocycles. The van der Waals surface area contributed by atoms with E-state index in [1.807, 2.05) is 4.90 Å². The number of rotatable bonds is 4. The summed E-state index contributed by atoms with van der Waals surface area (Å²) in [6, 6.07) is 0.462. The second kappa shape index (κ2) is 6.20. The van der Waals surface area contributed by atoms with E-state index in [2.05, 4.69) is 10.6 Å². The van der Waals surface area contributed by atoms with E-state index in [9.17, 15) is 4.79 Å². The van der Waals surface area contributed by atoms with Gasteiger partial charge >= 0.3 is 0 Å². The molecule has 2 aliphatic heterocycles. The predicted octanol–water partition coefficient (Wildman–Crippen LogP) is -0.177. The minimum atomic E-state index is 0.142. The standard InChI is InChI=1S/C14H25N3O2/c18-14(17-3-5-19-6-4-17)12-7-13(10-15-9-12)16-8-11-1-2-11/h11-13,15-16H,1-10H2. The Kier molecular flexibility index (Phi) is 4.35. The molecule has 2 unspecified atom stereocenters. The molecule has 0 aromatic carbocycles. The van der Waals surface area contributed by atoms with Gasteiger partial charge in [0.15, 0.2) is 0 Å². The fraction of sp³-hybridized carbons (Fsp3) is 0.929. The molecule has 1 amide bonds. The molecule has 19 heavy (non-hydrogen) atoms. The number of nitrogens with zero attached hydrogens (tertiary/aromatic N) is 1. The topological polar surface area (TPSA) is 53.6 Å². The van der Waals surface area contributed by atoms with Gasteiger partial charge in [-0.05, 0) is 31.7 Å². The first kappa shape index (κ1) is 13.3. The second-order valence-electron chi connectivity index (χ2n) is 6.08. The number of piperidine rings is 1. The van der Waals surface area contributed by atoms with Crippen molar-refractivity contribution in [2.45, 2.75) is 25.3 Å². The van der Waals surface area contributed by atoms with Gasteiger partial charge in [0.1, 0.15) is 0 Å². The Morgan fingerprint density at radius 3 is 2.79 bits per heavy atom. The van der Waals surface area contributed by atoms with Crippen LogP contribution in [0, 0.1) is 11.8 Å². The van der Waals surface area contributed by atoms with Crippen LogP contribution in [0.1, 0.15) is 19.3 Å². The lowest BCUT2D eigenvalue weighted by molar-refractivity contribution is -0.140. The molecule has 2 saturated heterocycles. The van der Waals surface area contributed by atoms with Crippen molar-refractivity contribution in [2.75, 3.05) is 45.9 Å². The van der Waals surface area contributed by atoms with Crippen molar-refractivity contribution in [3.8, 4) is 0 Å². The third-order valence-electron chi connectivity index (χ3n) is 4.41. The number of ether oxygens (including phenoxy) is 1. The van der Waals surface area contributed by atoms with Gasteiger partial charge in [0, 0.05) is 32.2 Å². The van der Waals surface area contributed by atoms with Crippen LogP contribution in [0.25, 0.3) is 0 Å². The normalized spacial score (nSPS) is 32.3. The monoisotopic (exact) mass is 267 g/mol. The molecule has 1 saturated carbocycles. The van der Waals surface area contributed by atoms with Crippen LogP contribution < -0.4 is 10.6 Å². The van der Waals surface area contributed by atoms with Gasteiger partial charge in [-0.25, -0.2) is 0 Å². The number of carbonyl (C=O) groups excluding carboxylic acids is 1. The van der Waals surface area contributed by atoms with Gasteiger partial charge in [0.25, 0.3) is 0 Å². The maximum absolute atomic E-state index is 12.5. The van der Waals surface area contributed by atoms with Gasteiger partial charge < -0.3 is 20.3 Å². The molecule has 108 valence electrons. The Morgan fingerprint density at radius 2 is 2.05 bits per heavy atom. The highest BCUT2D eigenvalue weighted by molar-refractivity contribution is 5.79. The highest BCUT2D eigenvalue weighted by Gasteiger charge is 2.31. The molecule has 2 heterocycles. The number of hydrogen-bond acceptors (Lipinski definition) is 4. The molecule has 2 N–H and O–H groups in total. The Balaban J connectivity index is 1.47. The summed E-state index contributed by atoms with van der Waals surface area (Å²) in [6.45, 7) is 5.86. The van der Waals surface area contributed by atoms with E-state index in [4.69, 9.17) is 4.74 Å². The highest BCUT2D eigenvalue weighted by atomic mass is 16.5. The van der Waals surface area contributed by atoms with Crippen LogP contribution in [0.3, 0.4) is 0 Å². The maximum Gasteiger partial charge on any atom is 0.227 e. The lowest BCUT2D eigenvalue weighted by Crippen LogP contribution is -2.53. The summed E-state index contributed by atoms with van der Waals surface area (Å²) in [4.78, 5) is 14.4. The van der Waals surface area contributed by atoms with Gasteiger partial charge in [0.05, 0.1) is 19.1 Å². The minimum absolute atomic E-state index is 0.142. The Hall–Kier alpha value is -0.650. The number of carbonyl (C=O) groups is 1. The van der Waals surface area contributed by atoms with Crippen molar-refractivity contribution < 1.29 is 9.53 Å². The fourth-order valence-corrected chi connectivity index (χ4v) is 2.98. The van der Waals surface area contributed by atoms with Crippen molar-refractivity contribution in [1.82, 2.24) is 15.5 Å². The summed E-state index contributed by atoms with van der Waals surface area (Å²) in [6.07, 6.45) is 3.74. The molecule has 3 fully saturated rings. The van der Waals surface area contributed by atoms with Crippen molar-refractivity contribution in [3.05, 3.63) is 0 Å². The maximum atomic E-state index is 12.5.